The first-order chi connectivity index (χ1) is 10.3. The van der Waals surface area contributed by atoms with E-state index in [-0.39, 0.29) is 12.0 Å². The second-order valence-electron chi connectivity index (χ2n) is 4.27. The quantitative estimate of drug-likeness (QED) is 0.356. The number of benzene rings is 1. The summed E-state index contributed by atoms with van der Waals surface area (Å²) in [6.45, 7) is 1.04. The van der Waals surface area contributed by atoms with E-state index in [0.29, 0.717) is 5.01 Å². The van der Waals surface area contributed by atoms with Crippen LogP contribution in [-0.2, 0) is 20.7 Å². The van der Waals surface area contributed by atoms with Gasteiger partial charge < -0.3 is 9.84 Å². The Bertz CT molecular complexity index is 617. The predicted octanol–water partition coefficient (Wildman–Crippen LogP) is 0.914. The van der Waals surface area contributed by atoms with Gasteiger partial charge in [-0.15, -0.1) is 4.91 Å². The number of nitrogens with zero attached hydrogens (tertiary/aromatic N) is 3. The van der Waals surface area contributed by atoms with E-state index < -0.39 is 34.3 Å². The Hall–Kier alpha value is -3.04. The average Bonchev–Trinajstić information content (AvgIpc) is 2.47. The minimum Gasteiger partial charge on any atom is -0.502 e. The van der Waals surface area contributed by atoms with Crippen LogP contribution in [0.4, 0.5) is 5.69 Å². The number of aromatic hydroxyl groups is 1. The van der Waals surface area contributed by atoms with E-state index >= 15 is 0 Å². The molecule has 0 heterocycles. The molecule has 1 rings (SSSR count). The molecule has 0 saturated carbocycles. The van der Waals surface area contributed by atoms with Crippen LogP contribution in [-0.4, -0.2) is 40.1 Å². The van der Waals surface area contributed by atoms with Crippen LogP contribution in [0.3, 0.4) is 0 Å². The molecule has 0 unspecified atom stereocenters. The zero-order valence-electron chi connectivity index (χ0n) is 11.8. The fourth-order valence-electron chi connectivity index (χ4n) is 1.81. The van der Waals surface area contributed by atoms with E-state index in [1.807, 2.05) is 0 Å². The molecule has 0 aromatic heterocycles. The fourth-order valence-corrected chi connectivity index (χ4v) is 1.81. The van der Waals surface area contributed by atoms with Crippen molar-refractivity contribution in [2.45, 2.75) is 19.4 Å². The lowest BCUT2D eigenvalue weighted by molar-refractivity contribution is -0.385. The molecule has 1 atom stereocenters. The molecule has 118 valence electrons. The lowest BCUT2D eigenvalue weighted by atomic mass is 10.0. The van der Waals surface area contributed by atoms with Crippen LogP contribution in [0.15, 0.2) is 23.5 Å². The van der Waals surface area contributed by atoms with Gasteiger partial charge in [0, 0.05) is 19.4 Å². The van der Waals surface area contributed by atoms with E-state index in [9.17, 15) is 29.7 Å². The number of nitro benzene ring substituents is 1. The summed E-state index contributed by atoms with van der Waals surface area (Å²) in [7, 11) is 1.07. The van der Waals surface area contributed by atoms with Crippen molar-refractivity contribution < 1.29 is 24.4 Å². The molecule has 0 saturated heterocycles. The number of esters is 1. The summed E-state index contributed by atoms with van der Waals surface area (Å²) in [5.74, 6) is -2.22. The van der Waals surface area contributed by atoms with Gasteiger partial charge in [-0.2, -0.15) is 5.01 Å². The SMILES string of the molecule is COC(=O)[C@H](Cc1ccc(O)c([N+](=O)[O-])c1)N(N=O)C(C)=O. The molecule has 1 amide bonds. The first-order valence-corrected chi connectivity index (χ1v) is 5.99. The highest BCUT2D eigenvalue weighted by atomic mass is 16.6. The number of amides is 1. The first kappa shape index (κ1) is 17.0. The largest absolute Gasteiger partial charge is 0.502 e. The molecule has 0 bridgehead atoms. The van der Waals surface area contributed by atoms with Crippen molar-refractivity contribution >= 4 is 17.6 Å². The molecule has 1 aromatic rings. The topological polar surface area (TPSA) is 139 Å². The van der Waals surface area contributed by atoms with E-state index in [0.717, 1.165) is 26.2 Å². The van der Waals surface area contributed by atoms with Crippen LogP contribution in [0, 0.1) is 15.0 Å². The highest BCUT2D eigenvalue weighted by Gasteiger charge is 2.31. The van der Waals surface area contributed by atoms with Gasteiger partial charge in [0.05, 0.1) is 17.3 Å². The summed E-state index contributed by atoms with van der Waals surface area (Å²) >= 11 is 0. The van der Waals surface area contributed by atoms with Crippen molar-refractivity contribution in [3.05, 3.63) is 38.8 Å². The number of nitroso groups, excluding NO2 is 1. The second kappa shape index (κ2) is 7.11. The number of hydrogen-bond donors (Lipinski definition) is 1. The number of nitro groups is 1. The summed E-state index contributed by atoms with van der Waals surface area (Å²) in [6.07, 6.45) is -0.237. The number of carbonyl (C=O) groups is 2. The molecule has 0 fully saturated rings. The van der Waals surface area contributed by atoms with Crippen molar-refractivity contribution in [2.75, 3.05) is 7.11 Å². The molecule has 0 aliphatic heterocycles. The van der Waals surface area contributed by atoms with Crippen LogP contribution in [0.5, 0.6) is 5.75 Å². The minimum absolute atomic E-state index is 0.237. The number of carbonyl (C=O) groups excluding carboxylic acids is 2. The fraction of sp³-hybridized carbons (Fsp3) is 0.333. The van der Waals surface area contributed by atoms with Gasteiger partial charge in [-0.25, -0.2) is 4.79 Å². The maximum absolute atomic E-state index is 11.7. The summed E-state index contributed by atoms with van der Waals surface area (Å²) in [6, 6.07) is 2.08. The van der Waals surface area contributed by atoms with E-state index in [4.69, 9.17) is 0 Å². The van der Waals surface area contributed by atoms with Gasteiger partial charge in [-0.3, -0.25) is 14.9 Å². The Morgan fingerprint density at radius 2 is 2.14 bits per heavy atom. The van der Waals surface area contributed by atoms with Crippen molar-refractivity contribution in [3.63, 3.8) is 0 Å². The Balaban J connectivity index is 3.17. The first-order valence-electron chi connectivity index (χ1n) is 5.99. The zero-order valence-corrected chi connectivity index (χ0v) is 11.8. The summed E-state index contributed by atoms with van der Waals surface area (Å²) in [5, 5.41) is 23.0. The Morgan fingerprint density at radius 1 is 1.50 bits per heavy atom. The molecule has 1 aromatic carbocycles. The maximum Gasteiger partial charge on any atom is 0.331 e. The summed E-state index contributed by atoms with van der Waals surface area (Å²) < 4.78 is 4.50. The smallest absolute Gasteiger partial charge is 0.331 e. The summed E-state index contributed by atoms with van der Waals surface area (Å²) in [4.78, 5) is 43.7. The van der Waals surface area contributed by atoms with Crippen LogP contribution >= 0.6 is 0 Å². The third-order valence-corrected chi connectivity index (χ3v) is 2.84. The molecular formula is C12H13N3O7. The van der Waals surface area contributed by atoms with Crippen molar-refractivity contribution in [2.24, 2.45) is 5.29 Å². The summed E-state index contributed by atoms with van der Waals surface area (Å²) in [5.41, 5.74) is -0.315. The number of methoxy groups -OCH3 is 1. The number of hydrogen-bond acceptors (Lipinski definition) is 8. The molecule has 0 aliphatic carbocycles. The van der Waals surface area contributed by atoms with E-state index in [1.54, 1.807) is 0 Å². The molecular weight excluding hydrogens is 298 g/mol. The van der Waals surface area contributed by atoms with Crippen molar-refractivity contribution in [1.29, 1.82) is 0 Å². The number of phenols is 1. The second-order valence-corrected chi connectivity index (χ2v) is 4.27. The molecule has 0 spiro atoms. The third kappa shape index (κ3) is 3.75. The highest BCUT2D eigenvalue weighted by Crippen LogP contribution is 2.27. The number of phenolic OH excluding ortho intramolecular Hbond substituents is 1. The van der Waals surface area contributed by atoms with Gasteiger partial charge in [-0.05, 0) is 11.6 Å². The predicted molar refractivity (Wildman–Crippen MR) is 72.6 cm³/mol. The third-order valence-electron chi connectivity index (χ3n) is 2.84. The maximum atomic E-state index is 11.7. The molecule has 0 aliphatic rings. The monoisotopic (exact) mass is 311 g/mol. The lowest BCUT2D eigenvalue weighted by Gasteiger charge is -2.21. The number of rotatable bonds is 6. The van der Waals surface area contributed by atoms with Crippen molar-refractivity contribution in [3.8, 4) is 5.75 Å². The van der Waals surface area contributed by atoms with Gasteiger partial charge in [0.2, 0.25) is 5.91 Å². The van der Waals surface area contributed by atoms with Gasteiger partial charge in [0.1, 0.15) is 0 Å². The molecule has 0 radical (unpaired) electrons. The zero-order chi connectivity index (χ0) is 16.9. The normalized spacial score (nSPS) is 11.4. The van der Waals surface area contributed by atoms with Crippen LogP contribution < -0.4 is 0 Å². The van der Waals surface area contributed by atoms with Crippen molar-refractivity contribution in [1.82, 2.24) is 5.01 Å². The van der Waals surface area contributed by atoms with E-state index in [1.165, 1.54) is 6.07 Å². The van der Waals surface area contributed by atoms with Gasteiger partial charge in [0.15, 0.2) is 11.8 Å². The Morgan fingerprint density at radius 3 is 2.59 bits per heavy atom. The van der Waals surface area contributed by atoms with Gasteiger partial charge in [-0.1, -0.05) is 6.07 Å². The molecule has 10 nitrogen and oxygen atoms in total. The molecule has 22 heavy (non-hydrogen) atoms. The Kier molecular flexibility index (Phi) is 5.50. The molecule has 10 heteroatoms. The highest BCUT2D eigenvalue weighted by molar-refractivity contribution is 5.83. The lowest BCUT2D eigenvalue weighted by Crippen LogP contribution is -2.42. The standard InChI is InChI=1S/C12H13N3O7/c1-7(16)14(13-19)10(12(18)22-2)6-8-3-4-11(17)9(5-8)15(20)21/h3-5,10,17H,6H2,1-2H3/t10-/m0/s1. The average molecular weight is 311 g/mol. The van der Waals surface area contributed by atoms with Gasteiger partial charge in [0.25, 0.3) is 0 Å². The Labute approximate surface area is 124 Å². The van der Waals surface area contributed by atoms with E-state index in [2.05, 4.69) is 10.0 Å². The molecule has 1 N–H and O–H groups in total. The van der Waals surface area contributed by atoms with Crippen LogP contribution in [0.25, 0.3) is 0 Å². The number of ether oxygens (including phenoxy) is 1. The van der Waals surface area contributed by atoms with Crippen LogP contribution in [0.2, 0.25) is 0 Å². The minimum atomic E-state index is -1.36. The van der Waals surface area contributed by atoms with Gasteiger partial charge >= 0.3 is 11.7 Å². The van der Waals surface area contributed by atoms with Crippen LogP contribution in [0.1, 0.15) is 12.5 Å².